The van der Waals surface area contributed by atoms with Gasteiger partial charge >= 0.3 is 5.97 Å². The highest BCUT2D eigenvalue weighted by Gasteiger charge is 2.43. The van der Waals surface area contributed by atoms with E-state index in [0.717, 1.165) is 51.4 Å². The number of fused-ring (bicyclic) bond motifs is 1. The molecule has 92 heavy (non-hydrogen) atoms. The van der Waals surface area contributed by atoms with Crippen LogP contribution in [0.2, 0.25) is 0 Å². The number of phenolic OH excluding ortho intramolecular Hbond substituents is 1. The summed E-state index contributed by atoms with van der Waals surface area (Å²) in [6.45, 7) is 7.10. The van der Waals surface area contributed by atoms with Crippen LogP contribution in [0.4, 0.5) is 0 Å². The van der Waals surface area contributed by atoms with Crippen molar-refractivity contribution in [1.29, 1.82) is 0 Å². The van der Waals surface area contributed by atoms with Crippen molar-refractivity contribution in [3.05, 3.63) is 29.8 Å². The summed E-state index contributed by atoms with van der Waals surface area (Å²) in [5, 5.41) is 55.0. The zero-order valence-corrected chi connectivity index (χ0v) is 54.0. The van der Waals surface area contributed by atoms with E-state index in [2.05, 4.69) is 47.9 Å². The molecule has 0 bridgehead atoms. The summed E-state index contributed by atoms with van der Waals surface area (Å²) < 4.78 is 0. The molecule has 16 N–H and O–H groups in total. The smallest absolute Gasteiger partial charge is 0.305 e. The number of carboxylic acids is 1. The number of nitrogens with zero attached hydrogens (tertiary/aromatic N) is 1. The third-order valence-electron chi connectivity index (χ3n) is 18.7. The van der Waals surface area contributed by atoms with Crippen molar-refractivity contribution in [2.45, 2.75) is 255 Å². The first kappa shape index (κ1) is 73.6. The monoisotopic (exact) mass is 1290 g/mol. The SMILES string of the molecule is CC(C)C[C@@H]1NC(=O)[C@H](CCCN)NC(=O)[C@H](C(C)C)NC(=O)[C@H](Cc2ccc(O)cc2)NC(=O)[C@@H](CC(=O)O)NC(=O)[C@H](CC(N)=O)NC(=O)[C@@H](CC2CCCCC2)NC(=O)[C@H](CC2CCCCC2)NC(=O)[C@@H]2CCCN2C(=O)[C@@H](CC2CCC(O)CC2)NC1=O. The lowest BCUT2D eigenvalue weighted by Gasteiger charge is -2.34. The summed E-state index contributed by atoms with van der Waals surface area (Å²) in [5.41, 5.74) is 12.0. The van der Waals surface area contributed by atoms with Crippen molar-refractivity contribution in [2.75, 3.05) is 13.1 Å². The fraction of sp³-hybridized carbons (Fsp3) is 0.723. The molecule has 1 aromatic carbocycles. The fourth-order valence-corrected chi connectivity index (χ4v) is 13.5. The number of phenols is 1. The molecule has 5 fully saturated rings. The van der Waals surface area contributed by atoms with Gasteiger partial charge in [-0.25, -0.2) is 0 Å². The first-order chi connectivity index (χ1) is 43.8. The van der Waals surface area contributed by atoms with Gasteiger partial charge in [-0.05, 0) is 131 Å². The fourth-order valence-electron chi connectivity index (χ4n) is 13.5. The van der Waals surface area contributed by atoms with Crippen LogP contribution in [0.5, 0.6) is 5.75 Å². The predicted molar refractivity (Wildman–Crippen MR) is 338 cm³/mol. The maximum atomic E-state index is 15.2. The van der Waals surface area contributed by atoms with Gasteiger partial charge in [0, 0.05) is 13.0 Å². The summed E-state index contributed by atoms with van der Waals surface area (Å²) in [7, 11) is 0. The minimum Gasteiger partial charge on any atom is -0.508 e. The molecule has 27 nitrogen and oxygen atoms in total. The number of aliphatic hydroxyl groups excluding tert-OH is 1. The maximum absolute atomic E-state index is 15.2. The molecule has 0 aromatic heterocycles. The van der Waals surface area contributed by atoms with E-state index in [4.69, 9.17) is 11.5 Å². The van der Waals surface area contributed by atoms with E-state index in [1.807, 2.05) is 13.8 Å². The normalized spacial score (nSPS) is 29.1. The van der Waals surface area contributed by atoms with E-state index < -0.39 is 156 Å². The second-order valence-electron chi connectivity index (χ2n) is 27.0. The second-order valence-corrected chi connectivity index (χ2v) is 27.0. The van der Waals surface area contributed by atoms with Gasteiger partial charge in [-0.15, -0.1) is 0 Å². The summed E-state index contributed by atoms with van der Waals surface area (Å²) in [5.74, 6) is -12.5. The lowest BCUT2D eigenvalue weighted by atomic mass is 9.83. The van der Waals surface area contributed by atoms with Crippen LogP contribution in [-0.4, -0.2) is 171 Å². The summed E-state index contributed by atoms with van der Waals surface area (Å²) in [4.78, 5) is 174. The number of aromatic hydroxyl groups is 1. The Hall–Kier alpha value is -7.42. The van der Waals surface area contributed by atoms with Crippen LogP contribution in [0, 0.1) is 29.6 Å². The van der Waals surface area contributed by atoms with Crippen LogP contribution in [0.3, 0.4) is 0 Å². The van der Waals surface area contributed by atoms with Gasteiger partial charge in [0.2, 0.25) is 65.0 Å². The number of hydrogen-bond donors (Lipinski definition) is 14. The van der Waals surface area contributed by atoms with Crippen LogP contribution in [-0.2, 0) is 64.0 Å². The number of rotatable bonds is 18. The molecule has 1 aromatic rings. The van der Waals surface area contributed by atoms with Gasteiger partial charge in [0.15, 0.2) is 0 Å². The van der Waals surface area contributed by atoms with Gasteiger partial charge in [0.1, 0.15) is 66.2 Å². The van der Waals surface area contributed by atoms with Gasteiger partial charge in [-0.1, -0.05) is 104 Å². The molecule has 0 radical (unpaired) electrons. The van der Waals surface area contributed by atoms with Crippen LogP contribution >= 0.6 is 0 Å². The molecule has 3 saturated carbocycles. The van der Waals surface area contributed by atoms with E-state index in [-0.39, 0.29) is 93.9 Å². The number of aliphatic carboxylic acids is 1. The van der Waals surface area contributed by atoms with E-state index in [9.17, 15) is 63.3 Å². The Morgan fingerprint density at radius 2 is 0.957 bits per heavy atom. The summed E-state index contributed by atoms with van der Waals surface area (Å²) in [6, 6.07) is -8.87. The highest BCUT2D eigenvalue weighted by atomic mass is 16.4. The molecular weight excluding hydrogens is 1190 g/mol. The molecule has 5 aliphatic rings. The van der Waals surface area contributed by atoms with Crippen LogP contribution in [0.25, 0.3) is 0 Å². The highest BCUT2D eigenvalue weighted by molar-refractivity contribution is 6.01. The van der Waals surface area contributed by atoms with Crippen molar-refractivity contribution in [2.24, 2.45) is 41.1 Å². The molecule has 3 aliphatic carbocycles. The maximum Gasteiger partial charge on any atom is 0.305 e. The van der Waals surface area contributed by atoms with Gasteiger partial charge in [-0.2, -0.15) is 0 Å². The highest BCUT2D eigenvalue weighted by Crippen LogP contribution is 2.32. The standard InChI is InChI=1S/C65H102N12O15/c1-36(2)29-45-57(84)75-51(33-41-21-25-43(79)26-22-41)65(92)77-28-12-18-52(77)63(90)74-47(31-39-15-9-6-10-16-39)59(86)70-46(30-38-13-7-5-8-14-38)58(85)72-49(34-53(67)80)60(87)73-50(35-54(81)82)61(88)71-48(32-40-19-23-42(78)24-20-40)62(89)76-55(37(3)4)64(91)68-44(17-11-27-66)56(83)69-45/h19-20,23-24,36-39,41,43-52,55,78-79H,5-18,21-22,25-35,66H2,1-4H3,(H2,67,80)(H,68,91)(H,69,83)(H,70,86)(H,71,88)(H,72,85)(H,73,87)(H,74,90)(H,75,84)(H,76,89)(H,81,82)/t41?,43?,44-,45-,46+,47-,48-,49-,50+,51+,52-,55-/m0/s1. The second kappa shape index (κ2) is 36.1. The third kappa shape index (κ3) is 23.0. The minimum atomic E-state index is -1.99. The Bertz CT molecular complexity index is 2710. The number of carbonyl (C=O) groups excluding carboxylic acids is 11. The molecule has 0 unspecified atom stereocenters. The van der Waals surface area contributed by atoms with Crippen molar-refractivity contribution < 1.29 is 72.9 Å². The average Bonchev–Trinajstić information content (AvgIpc) is 1.56. The first-order valence-corrected chi connectivity index (χ1v) is 33.5. The van der Waals surface area contributed by atoms with Crippen LogP contribution in [0.1, 0.15) is 187 Å². The Morgan fingerprint density at radius 1 is 0.511 bits per heavy atom. The van der Waals surface area contributed by atoms with E-state index >= 15 is 9.59 Å². The van der Waals surface area contributed by atoms with E-state index in [0.29, 0.717) is 50.5 Å². The van der Waals surface area contributed by atoms with E-state index in [1.165, 1.54) is 29.2 Å². The number of primary amides is 1. The zero-order valence-electron chi connectivity index (χ0n) is 54.0. The predicted octanol–water partition coefficient (Wildman–Crippen LogP) is 0.976. The molecule has 2 aliphatic heterocycles. The quantitative estimate of drug-likeness (QED) is 0.0974. The number of nitrogens with one attached hydrogen (secondary N) is 9. The molecule has 0 spiro atoms. The topological polar surface area (TPSA) is 429 Å². The Morgan fingerprint density at radius 3 is 1.49 bits per heavy atom. The van der Waals surface area contributed by atoms with Crippen molar-refractivity contribution in [3.8, 4) is 5.75 Å². The van der Waals surface area contributed by atoms with Gasteiger partial charge in [-0.3, -0.25) is 57.5 Å². The average molecular weight is 1290 g/mol. The minimum absolute atomic E-state index is 0.0105. The van der Waals surface area contributed by atoms with Gasteiger partial charge in [0.25, 0.3) is 0 Å². The molecular formula is C65H102N12O15. The lowest BCUT2D eigenvalue weighted by Crippen LogP contribution is -2.62. The lowest BCUT2D eigenvalue weighted by molar-refractivity contribution is -0.143. The summed E-state index contributed by atoms with van der Waals surface area (Å²) >= 11 is 0. The summed E-state index contributed by atoms with van der Waals surface area (Å²) in [6.07, 6.45) is 8.84. The molecule has 2 saturated heterocycles. The largest absolute Gasteiger partial charge is 0.508 e. The Labute approximate surface area is 539 Å². The molecule has 6 rings (SSSR count). The molecule has 2 heterocycles. The molecule has 512 valence electrons. The number of carboxylic acid groups (broad SMARTS) is 1. The molecule has 10 atom stereocenters. The van der Waals surface area contributed by atoms with Crippen LogP contribution < -0.4 is 59.3 Å². The molecule has 27 heteroatoms. The van der Waals surface area contributed by atoms with Gasteiger partial charge < -0.3 is 79.5 Å². The van der Waals surface area contributed by atoms with Gasteiger partial charge in [0.05, 0.1) is 18.9 Å². The Kier molecular flexibility index (Phi) is 28.9. The number of hydrogen-bond acceptors (Lipinski definition) is 15. The van der Waals surface area contributed by atoms with Crippen molar-refractivity contribution >= 4 is 70.9 Å². The third-order valence-corrected chi connectivity index (χ3v) is 18.7. The van der Waals surface area contributed by atoms with Crippen molar-refractivity contribution in [3.63, 3.8) is 0 Å². The Balaban J connectivity index is 1.44. The zero-order chi connectivity index (χ0) is 67.2. The van der Waals surface area contributed by atoms with E-state index in [1.54, 1.807) is 13.8 Å². The van der Waals surface area contributed by atoms with Crippen LogP contribution in [0.15, 0.2) is 24.3 Å². The number of benzene rings is 1. The number of nitrogens with two attached hydrogens (primary N) is 2. The first-order valence-electron chi connectivity index (χ1n) is 33.5. The van der Waals surface area contributed by atoms with Crippen molar-refractivity contribution in [1.82, 2.24) is 52.8 Å². The molecule has 11 amide bonds. The number of carbonyl (C=O) groups is 12. The number of amides is 11. The number of aliphatic hydroxyl groups is 1.